The number of hydrogen-bond acceptors (Lipinski definition) is 4. The van der Waals surface area contributed by atoms with Crippen LogP contribution in [0.3, 0.4) is 0 Å². The van der Waals surface area contributed by atoms with Crippen molar-refractivity contribution in [2.24, 2.45) is 0 Å². The molecule has 132 valence electrons. The fourth-order valence-electron chi connectivity index (χ4n) is 3.58. The lowest BCUT2D eigenvalue weighted by molar-refractivity contribution is -0.137. The number of nitrogens with zero attached hydrogens (tertiary/aromatic N) is 2. The summed E-state index contributed by atoms with van der Waals surface area (Å²) < 4.78 is 5.33. The number of aryl methyl sites for hydroxylation is 2. The molecule has 1 atom stereocenters. The Kier molecular flexibility index (Phi) is 5.02. The normalized spacial score (nSPS) is 17.6. The molecule has 0 radical (unpaired) electrons. The Hall–Kier alpha value is -2.43. The zero-order valence-electron chi connectivity index (χ0n) is 15.0. The van der Waals surface area contributed by atoms with Crippen molar-refractivity contribution in [1.82, 2.24) is 9.88 Å². The third kappa shape index (κ3) is 3.50. The SMILES string of the molecule is Cc1nc2ccccc2c(C)c1C(=O)OCC(=O)N1CCCC[C@@H]1C. The number of rotatable bonds is 3. The molecular weight excluding hydrogens is 316 g/mol. The Morgan fingerprint density at radius 3 is 2.76 bits per heavy atom. The van der Waals surface area contributed by atoms with Gasteiger partial charge in [0.1, 0.15) is 0 Å². The molecule has 5 heteroatoms. The first-order chi connectivity index (χ1) is 12.0. The Morgan fingerprint density at radius 1 is 1.24 bits per heavy atom. The maximum absolute atomic E-state index is 12.6. The van der Waals surface area contributed by atoms with Gasteiger partial charge in [0.15, 0.2) is 6.61 Å². The minimum absolute atomic E-state index is 0.121. The Labute approximate surface area is 148 Å². The summed E-state index contributed by atoms with van der Waals surface area (Å²) in [6.07, 6.45) is 3.16. The largest absolute Gasteiger partial charge is 0.452 e. The van der Waals surface area contributed by atoms with Gasteiger partial charge in [-0.1, -0.05) is 18.2 Å². The van der Waals surface area contributed by atoms with Crippen LogP contribution < -0.4 is 0 Å². The highest BCUT2D eigenvalue weighted by molar-refractivity contribution is 5.99. The molecule has 2 aromatic rings. The van der Waals surface area contributed by atoms with Gasteiger partial charge in [0, 0.05) is 18.0 Å². The standard InChI is InChI=1S/C20H24N2O3/c1-13-8-6-7-11-22(13)18(23)12-25-20(24)19-14(2)16-9-4-5-10-17(16)21-15(19)3/h4-5,9-10,13H,6-8,11-12H2,1-3H3/t13-/m0/s1. The van der Waals surface area contributed by atoms with E-state index < -0.39 is 5.97 Å². The first kappa shape index (κ1) is 17.4. The van der Waals surface area contributed by atoms with Gasteiger partial charge in [-0.2, -0.15) is 0 Å². The fraction of sp³-hybridized carbons (Fsp3) is 0.450. The molecule has 1 saturated heterocycles. The number of piperidine rings is 1. The molecule has 1 aliphatic heterocycles. The van der Waals surface area contributed by atoms with Gasteiger partial charge in [0.25, 0.3) is 5.91 Å². The quantitative estimate of drug-likeness (QED) is 0.804. The Morgan fingerprint density at radius 2 is 2.00 bits per heavy atom. The summed E-state index contributed by atoms with van der Waals surface area (Å²) in [5.41, 5.74) is 2.78. The molecule has 2 heterocycles. The number of fused-ring (bicyclic) bond motifs is 1. The van der Waals surface area contributed by atoms with E-state index in [-0.39, 0.29) is 18.6 Å². The van der Waals surface area contributed by atoms with Gasteiger partial charge in [0.05, 0.1) is 16.8 Å². The van der Waals surface area contributed by atoms with Crippen LogP contribution in [0, 0.1) is 13.8 Å². The highest BCUT2D eigenvalue weighted by atomic mass is 16.5. The Bertz CT molecular complexity index is 816. The van der Waals surface area contributed by atoms with Crippen molar-refractivity contribution in [3.63, 3.8) is 0 Å². The maximum Gasteiger partial charge on any atom is 0.340 e. The van der Waals surface area contributed by atoms with Crippen LogP contribution in [0.5, 0.6) is 0 Å². The average molecular weight is 340 g/mol. The van der Waals surface area contributed by atoms with E-state index in [0.717, 1.165) is 42.3 Å². The molecule has 25 heavy (non-hydrogen) atoms. The molecule has 3 rings (SSSR count). The summed E-state index contributed by atoms with van der Waals surface area (Å²) >= 11 is 0. The zero-order chi connectivity index (χ0) is 18.0. The number of esters is 1. The van der Waals surface area contributed by atoms with Gasteiger partial charge in [0.2, 0.25) is 0 Å². The number of benzene rings is 1. The van der Waals surface area contributed by atoms with E-state index in [1.165, 1.54) is 0 Å². The van der Waals surface area contributed by atoms with Crippen LogP contribution in [-0.4, -0.2) is 41.0 Å². The van der Waals surface area contributed by atoms with E-state index in [0.29, 0.717) is 11.3 Å². The van der Waals surface area contributed by atoms with Crippen LogP contribution in [0.15, 0.2) is 24.3 Å². The minimum Gasteiger partial charge on any atom is -0.452 e. The van der Waals surface area contributed by atoms with Gasteiger partial charge in [-0.25, -0.2) is 4.79 Å². The zero-order valence-corrected chi connectivity index (χ0v) is 15.0. The van der Waals surface area contributed by atoms with E-state index >= 15 is 0 Å². The maximum atomic E-state index is 12.6. The van der Waals surface area contributed by atoms with Crippen molar-refractivity contribution in [2.45, 2.75) is 46.1 Å². The Balaban J connectivity index is 1.75. The first-order valence-corrected chi connectivity index (χ1v) is 8.81. The second kappa shape index (κ2) is 7.21. The van der Waals surface area contributed by atoms with Crippen LogP contribution in [0.1, 0.15) is 47.8 Å². The number of hydrogen-bond donors (Lipinski definition) is 0. The van der Waals surface area contributed by atoms with E-state index in [1.54, 1.807) is 6.92 Å². The van der Waals surface area contributed by atoms with Crippen molar-refractivity contribution in [3.05, 3.63) is 41.1 Å². The van der Waals surface area contributed by atoms with Crippen molar-refractivity contribution in [1.29, 1.82) is 0 Å². The number of carbonyl (C=O) groups is 2. The second-order valence-corrected chi connectivity index (χ2v) is 6.72. The highest BCUT2D eigenvalue weighted by Crippen LogP contribution is 2.23. The van der Waals surface area contributed by atoms with Crippen LogP contribution in [-0.2, 0) is 9.53 Å². The number of pyridine rings is 1. The van der Waals surface area contributed by atoms with Crippen LogP contribution in [0.2, 0.25) is 0 Å². The second-order valence-electron chi connectivity index (χ2n) is 6.72. The minimum atomic E-state index is -0.480. The number of para-hydroxylation sites is 1. The predicted octanol–water partition coefficient (Wildman–Crippen LogP) is 3.41. The van der Waals surface area contributed by atoms with Crippen molar-refractivity contribution < 1.29 is 14.3 Å². The number of likely N-dealkylation sites (tertiary alicyclic amines) is 1. The van der Waals surface area contributed by atoms with Crippen LogP contribution >= 0.6 is 0 Å². The van der Waals surface area contributed by atoms with Gasteiger partial charge in [-0.15, -0.1) is 0 Å². The lowest BCUT2D eigenvalue weighted by Crippen LogP contribution is -2.44. The molecule has 0 bridgehead atoms. The molecule has 1 aromatic carbocycles. The van der Waals surface area contributed by atoms with Crippen molar-refractivity contribution in [2.75, 3.05) is 13.2 Å². The van der Waals surface area contributed by atoms with E-state index in [2.05, 4.69) is 4.98 Å². The number of ether oxygens (including phenoxy) is 1. The van der Waals surface area contributed by atoms with Crippen molar-refractivity contribution >= 4 is 22.8 Å². The summed E-state index contributed by atoms with van der Waals surface area (Å²) in [6, 6.07) is 7.92. The van der Waals surface area contributed by atoms with Gasteiger partial charge < -0.3 is 9.64 Å². The fourth-order valence-corrected chi connectivity index (χ4v) is 3.58. The molecule has 1 aliphatic rings. The molecule has 1 fully saturated rings. The number of carbonyl (C=O) groups excluding carboxylic acids is 2. The summed E-state index contributed by atoms with van der Waals surface area (Å²) in [5, 5.41) is 0.927. The summed E-state index contributed by atoms with van der Waals surface area (Å²) in [6.45, 7) is 6.26. The monoisotopic (exact) mass is 340 g/mol. The molecule has 0 N–H and O–H groups in total. The average Bonchev–Trinajstić information content (AvgIpc) is 2.60. The topological polar surface area (TPSA) is 59.5 Å². The van der Waals surface area contributed by atoms with E-state index in [9.17, 15) is 9.59 Å². The van der Waals surface area contributed by atoms with Gasteiger partial charge in [-0.05, 0) is 51.7 Å². The smallest absolute Gasteiger partial charge is 0.340 e. The third-order valence-electron chi connectivity index (χ3n) is 4.99. The molecule has 1 aromatic heterocycles. The highest BCUT2D eigenvalue weighted by Gasteiger charge is 2.25. The predicted molar refractivity (Wildman–Crippen MR) is 96.5 cm³/mol. The van der Waals surface area contributed by atoms with E-state index in [1.807, 2.05) is 43.0 Å². The lowest BCUT2D eigenvalue weighted by atomic mass is 10.0. The molecule has 1 amide bonds. The van der Waals surface area contributed by atoms with Gasteiger partial charge >= 0.3 is 5.97 Å². The molecule has 0 spiro atoms. The molecule has 5 nitrogen and oxygen atoms in total. The molecule has 0 aliphatic carbocycles. The van der Waals surface area contributed by atoms with Crippen LogP contribution in [0.4, 0.5) is 0 Å². The lowest BCUT2D eigenvalue weighted by Gasteiger charge is -2.33. The van der Waals surface area contributed by atoms with Gasteiger partial charge in [-0.3, -0.25) is 9.78 Å². The molecule has 0 saturated carbocycles. The molecule has 0 unspecified atom stereocenters. The summed E-state index contributed by atoms with van der Waals surface area (Å²) in [4.78, 5) is 31.2. The van der Waals surface area contributed by atoms with E-state index in [4.69, 9.17) is 4.74 Å². The summed E-state index contributed by atoms with van der Waals surface area (Å²) in [7, 11) is 0. The molecular formula is C20H24N2O3. The van der Waals surface area contributed by atoms with Crippen LogP contribution in [0.25, 0.3) is 10.9 Å². The third-order valence-corrected chi connectivity index (χ3v) is 4.99. The van der Waals surface area contributed by atoms with Crippen molar-refractivity contribution in [3.8, 4) is 0 Å². The number of amides is 1. The first-order valence-electron chi connectivity index (χ1n) is 8.81. The number of aromatic nitrogens is 1. The summed E-state index contributed by atoms with van der Waals surface area (Å²) in [5.74, 6) is -0.601.